The first-order valence-electron chi connectivity index (χ1n) is 6.74. The quantitative estimate of drug-likeness (QED) is 0.739. The van der Waals surface area contributed by atoms with E-state index in [-0.39, 0.29) is 24.0 Å². The second kappa shape index (κ2) is 7.53. The maximum Gasteiger partial charge on any atom is 0.251 e. The maximum absolute atomic E-state index is 11.9. The second-order valence-electron chi connectivity index (χ2n) is 5.20. The number of rotatable bonds is 6. The third-order valence-corrected chi connectivity index (χ3v) is 2.80. The van der Waals surface area contributed by atoms with E-state index in [1.807, 2.05) is 13.8 Å². The molecular formula is C15H22N2O3. The minimum absolute atomic E-state index is 0.0681. The maximum atomic E-state index is 11.9. The highest BCUT2D eigenvalue weighted by molar-refractivity contribution is 5.96. The number of phenols is 1. The molecule has 0 fully saturated rings. The highest BCUT2D eigenvalue weighted by atomic mass is 16.3. The molecule has 0 unspecified atom stereocenters. The molecule has 0 aliphatic carbocycles. The number of nitrogens with one attached hydrogen (secondary N) is 2. The molecule has 0 heterocycles. The Bertz CT molecular complexity index is 484. The summed E-state index contributed by atoms with van der Waals surface area (Å²) in [6, 6.07) is 4.57. The number of hydrogen-bond donors (Lipinski definition) is 3. The van der Waals surface area contributed by atoms with E-state index in [2.05, 4.69) is 10.6 Å². The zero-order valence-electron chi connectivity index (χ0n) is 12.2. The van der Waals surface area contributed by atoms with Gasteiger partial charge in [-0.1, -0.05) is 13.8 Å². The number of aryl methyl sites for hydroxylation is 1. The van der Waals surface area contributed by atoms with Crippen molar-refractivity contribution < 1.29 is 14.7 Å². The van der Waals surface area contributed by atoms with E-state index < -0.39 is 0 Å². The highest BCUT2D eigenvalue weighted by Gasteiger charge is 2.09. The van der Waals surface area contributed by atoms with Crippen molar-refractivity contribution in [1.82, 2.24) is 10.6 Å². The van der Waals surface area contributed by atoms with Crippen LogP contribution < -0.4 is 10.6 Å². The van der Waals surface area contributed by atoms with Crippen LogP contribution in [0.4, 0.5) is 0 Å². The van der Waals surface area contributed by atoms with Crippen LogP contribution in [0, 0.1) is 12.8 Å². The van der Waals surface area contributed by atoms with Crippen LogP contribution in [0.3, 0.4) is 0 Å². The fourth-order valence-electron chi connectivity index (χ4n) is 1.69. The molecule has 20 heavy (non-hydrogen) atoms. The molecule has 1 aromatic rings. The first-order valence-corrected chi connectivity index (χ1v) is 6.74. The van der Waals surface area contributed by atoms with Gasteiger partial charge in [0, 0.05) is 25.1 Å². The molecule has 5 heteroatoms. The minimum atomic E-state index is -0.237. The van der Waals surface area contributed by atoms with Crippen LogP contribution in [0.2, 0.25) is 0 Å². The topological polar surface area (TPSA) is 78.4 Å². The van der Waals surface area contributed by atoms with Gasteiger partial charge in [0.1, 0.15) is 5.75 Å². The van der Waals surface area contributed by atoms with E-state index in [1.165, 1.54) is 12.1 Å². The van der Waals surface area contributed by atoms with E-state index in [1.54, 1.807) is 13.0 Å². The van der Waals surface area contributed by atoms with Crippen molar-refractivity contribution in [3.8, 4) is 5.75 Å². The van der Waals surface area contributed by atoms with Crippen molar-refractivity contribution in [2.24, 2.45) is 5.92 Å². The Morgan fingerprint density at radius 1 is 1.25 bits per heavy atom. The van der Waals surface area contributed by atoms with E-state index >= 15 is 0 Å². The molecule has 1 rings (SSSR count). The Kier molecular flexibility index (Phi) is 6.03. The molecule has 0 aromatic heterocycles. The van der Waals surface area contributed by atoms with Crippen molar-refractivity contribution >= 4 is 11.8 Å². The average Bonchev–Trinajstić information content (AvgIpc) is 2.36. The van der Waals surface area contributed by atoms with Crippen molar-refractivity contribution in [2.45, 2.75) is 27.2 Å². The third-order valence-electron chi connectivity index (χ3n) is 2.80. The SMILES string of the molecule is Cc1cc(O)ccc1C(=O)NCCC(=O)NCC(C)C. The van der Waals surface area contributed by atoms with Gasteiger partial charge in [0.25, 0.3) is 5.91 Å². The van der Waals surface area contributed by atoms with Crippen LogP contribution in [0.15, 0.2) is 18.2 Å². The van der Waals surface area contributed by atoms with Gasteiger partial charge in [0.15, 0.2) is 0 Å². The lowest BCUT2D eigenvalue weighted by Crippen LogP contribution is -2.32. The first kappa shape index (κ1) is 16.0. The summed E-state index contributed by atoms with van der Waals surface area (Å²) in [7, 11) is 0. The molecule has 5 nitrogen and oxygen atoms in total. The Labute approximate surface area is 119 Å². The van der Waals surface area contributed by atoms with Crippen molar-refractivity contribution in [3.05, 3.63) is 29.3 Å². The molecular weight excluding hydrogens is 256 g/mol. The van der Waals surface area contributed by atoms with Crippen LogP contribution >= 0.6 is 0 Å². The normalized spacial score (nSPS) is 10.4. The molecule has 2 amide bonds. The Hall–Kier alpha value is -2.04. The van der Waals surface area contributed by atoms with E-state index in [0.717, 1.165) is 0 Å². The van der Waals surface area contributed by atoms with Crippen LogP contribution in [-0.2, 0) is 4.79 Å². The molecule has 0 aliphatic heterocycles. The number of benzene rings is 1. The van der Waals surface area contributed by atoms with E-state index in [4.69, 9.17) is 0 Å². The summed E-state index contributed by atoms with van der Waals surface area (Å²) in [5.74, 6) is 0.237. The fraction of sp³-hybridized carbons (Fsp3) is 0.467. The summed E-state index contributed by atoms with van der Waals surface area (Å²) in [6.07, 6.45) is 0.260. The molecule has 0 saturated carbocycles. The minimum Gasteiger partial charge on any atom is -0.508 e. The summed E-state index contributed by atoms with van der Waals surface area (Å²) in [6.45, 7) is 6.74. The third kappa shape index (κ3) is 5.30. The van der Waals surface area contributed by atoms with Gasteiger partial charge in [-0.25, -0.2) is 0 Å². The number of amides is 2. The predicted molar refractivity (Wildman–Crippen MR) is 77.6 cm³/mol. The van der Waals surface area contributed by atoms with Gasteiger partial charge >= 0.3 is 0 Å². The van der Waals surface area contributed by atoms with E-state index in [9.17, 15) is 14.7 Å². The molecule has 0 radical (unpaired) electrons. The lowest BCUT2D eigenvalue weighted by atomic mass is 10.1. The number of phenolic OH excluding ortho intramolecular Hbond substituents is 1. The van der Waals surface area contributed by atoms with E-state index in [0.29, 0.717) is 30.1 Å². The molecule has 3 N–H and O–H groups in total. The molecule has 1 aromatic carbocycles. The zero-order valence-corrected chi connectivity index (χ0v) is 12.2. The number of carbonyl (C=O) groups excluding carboxylic acids is 2. The summed E-state index contributed by atoms with van der Waals surface area (Å²) >= 11 is 0. The van der Waals surface area contributed by atoms with Gasteiger partial charge in [-0.2, -0.15) is 0 Å². The average molecular weight is 278 g/mol. The predicted octanol–water partition coefficient (Wildman–Crippen LogP) is 1.59. The molecule has 0 saturated heterocycles. The number of aromatic hydroxyl groups is 1. The van der Waals surface area contributed by atoms with Crippen LogP contribution in [0.25, 0.3) is 0 Å². The Balaban J connectivity index is 2.38. The number of carbonyl (C=O) groups is 2. The fourth-order valence-corrected chi connectivity index (χ4v) is 1.69. The summed E-state index contributed by atoms with van der Waals surface area (Å²) in [4.78, 5) is 23.4. The lowest BCUT2D eigenvalue weighted by molar-refractivity contribution is -0.121. The zero-order chi connectivity index (χ0) is 15.1. The summed E-state index contributed by atoms with van der Waals surface area (Å²) in [5, 5.41) is 14.8. The van der Waals surface area contributed by atoms with Gasteiger partial charge in [-0.15, -0.1) is 0 Å². The van der Waals surface area contributed by atoms with Crippen molar-refractivity contribution in [2.75, 3.05) is 13.1 Å². The van der Waals surface area contributed by atoms with Gasteiger partial charge in [-0.3, -0.25) is 9.59 Å². The van der Waals surface area contributed by atoms with Gasteiger partial charge in [0.05, 0.1) is 0 Å². The van der Waals surface area contributed by atoms with Gasteiger partial charge in [0.2, 0.25) is 5.91 Å². The van der Waals surface area contributed by atoms with Crippen molar-refractivity contribution in [1.29, 1.82) is 0 Å². The highest BCUT2D eigenvalue weighted by Crippen LogP contribution is 2.15. The van der Waals surface area contributed by atoms with Gasteiger partial charge < -0.3 is 15.7 Å². The van der Waals surface area contributed by atoms with Gasteiger partial charge in [-0.05, 0) is 36.6 Å². The standard InChI is InChI=1S/C15H22N2O3/c1-10(2)9-17-14(19)6-7-16-15(20)13-5-4-12(18)8-11(13)3/h4-5,8,10,18H,6-7,9H2,1-3H3,(H,16,20)(H,17,19). The summed E-state index contributed by atoms with van der Waals surface area (Å²) in [5.41, 5.74) is 1.21. The molecule has 0 spiro atoms. The van der Waals surface area contributed by atoms with Crippen LogP contribution in [0.1, 0.15) is 36.2 Å². The van der Waals surface area contributed by atoms with Crippen molar-refractivity contribution in [3.63, 3.8) is 0 Å². The Morgan fingerprint density at radius 2 is 1.95 bits per heavy atom. The number of hydrogen-bond acceptors (Lipinski definition) is 3. The summed E-state index contributed by atoms with van der Waals surface area (Å²) < 4.78 is 0. The molecule has 0 atom stereocenters. The lowest BCUT2D eigenvalue weighted by Gasteiger charge is -2.09. The van der Waals surface area contributed by atoms with Crippen LogP contribution in [-0.4, -0.2) is 30.0 Å². The molecule has 0 bridgehead atoms. The molecule has 0 aliphatic rings. The Morgan fingerprint density at radius 3 is 2.55 bits per heavy atom. The largest absolute Gasteiger partial charge is 0.508 e. The smallest absolute Gasteiger partial charge is 0.251 e. The molecule has 110 valence electrons. The second-order valence-corrected chi connectivity index (χ2v) is 5.20. The first-order chi connectivity index (χ1) is 9.40. The monoisotopic (exact) mass is 278 g/mol. The van der Waals surface area contributed by atoms with Crippen LogP contribution in [0.5, 0.6) is 5.75 Å².